The van der Waals surface area contributed by atoms with Gasteiger partial charge >= 0.3 is 12.0 Å². The second-order valence-electron chi connectivity index (χ2n) is 10.7. The minimum atomic E-state index is -3.55. The molecule has 0 radical (unpaired) electrons. The SMILES string of the molecule is CC(=O)N(C)C1CCN(C(=O)N2CC(c3ccc(Cl)c(Cl)c3)C([C@@H](C)Oc3ccc(C(F)(F)CF)cc3)C2)CC1. The molecule has 11 heteroatoms. The number of alkyl halides is 3. The fourth-order valence-electron chi connectivity index (χ4n) is 5.61. The fraction of sp³-hybridized carbons (Fsp3) is 0.517. The molecule has 2 unspecified atom stereocenters. The molecule has 2 aromatic rings. The van der Waals surface area contributed by atoms with Crippen LogP contribution in [0.2, 0.25) is 10.0 Å². The summed E-state index contributed by atoms with van der Waals surface area (Å²) >= 11 is 12.5. The Balaban J connectivity index is 1.50. The van der Waals surface area contributed by atoms with Crippen LogP contribution >= 0.6 is 23.2 Å². The third-order valence-corrected chi connectivity index (χ3v) is 8.90. The molecule has 4 rings (SSSR count). The number of ether oxygens (including phenoxy) is 1. The largest absolute Gasteiger partial charge is 0.490 e. The Morgan fingerprint density at radius 3 is 2.27 bits per heavy atom. The maximum absolute atomic E-state index is 13.7. The first kappa shape index (κ1) is 30.3. The van der Waals surface area contributed by atoms with Gasteiger partial charge < -0.3 is 19.4 Å². The van der Waals surface area contributed by atoms with Gasteiger partial charge in [-0.15, -0.1) is 0 Å². The van der Waals surface area contributed by atoms with Gasteiger partial charge in [-0.1, -0.05) is 29.3 Å². The Kier molecular flexibility index (Phi) is 9.45. The van der Waals surface area contributed by atoms with E-state index in [1.54, 1.807) is 31.0 Å². The van der Waals surface area contributed by atoms with Crippen LogP contribution < -0.4 is 4.74 Å². The lowest BCUT2D eigenvalue weighted by molar-refractivity contribution is -0.130. The molecule has 2 aliphatic rings. The highest BCUT2D eigenvalue weighted by molar-refractivity contribution is 6.42. The first-order valence-corrected chi connectivity index (χ1v) is 14.1. The lowest BCUT2D eigenvalue weighted by Crippen LogP contribution is -2.50. The van der Waals surface area contributed by atoms with Crippen molar-refractivity contribution in [3.8, 4) is 5.75 Å². The third kappa shape index (κ3) is 6.62. The molecule has 40 heavy (non-hydrogen) atoms. The number of amides is 3. The average molecular weight is 601 g/mol. The van der Waals surface area contributed by atoms with Crippen molar-refractivity contribution in [3.63, 3.8) is 0 Å². The first-order chi connectivity index (χ1) is 18.9. The standard InChI is InChI=1S/C29H34Cl2F3N3O3/c1-18(40-23-7-5-21(6-8-23)29(33,34)17-32)24-15-37(16-25(24)20-4-9-26(30)27(31)14-20)28(39)36-12-10-22(11-13-36)35(3)19(2)38/h4-9,14,18,22,24-25H,10-13,15-17H2,1-3H3/t18-,24?,25?/m1/s1. The van der Waals surface area contributed by atoms with Gasteiger partial charge in [-0.3, -0.25) is 4.79 Å². The Bertz CT molecular complexity index is 1210. The van der Waals surface area contributed by atoms with Gasteiger partial charge in [-0.05, 0) is 61.7 Å². The van der Waals surface area contributed by atoms with E-state index >= 15 is 0 Å². The number of nitrogens with zero attached hydrogens (tertiary/aromatic N) is 3. The fourth-order valence-corrected chi connectivity index (χ4v) is 5.92. The van der Waals surface area contributed by atoms with E-state index in [0.29, 0.717) is 54.8 Å². The molecule has 0 bridgehead atoms. The van der Waals surface area contributed by atoms with Crippen LogP contribution in [0.4, 0.5) is 18.0 Å². The van der Waals surface area contributed by atoms with Gasteiger partial charge in [0, 0.05) is 63.6 Å². The molecule has 2 heterocycles. The second-order valence-corrected chi connectivity index (χ2v) is 11.5. The van der Waals surface area contributed by atoms with Crippen LogP contribution in [-0.4, -0.2) is 78.7 Å². The number of hydrogen-bond acceptors (Lipinski definition) is 3. The molecular formula is C29H34Cl2F3N3O3. The summed E-state index contributed by atoms with van der Waals surface area (Å²) in [5, 5.41) is 0.845. The highest BCUT2D eigenvalue weighted by Gasteiger charge is 2.42. The number of likely N-dealkylation sites (tertiary alicyclic amines) is 2. The monoisotopic (exact) mass is 599 g/mol. The first-order valence-electron chi connectivity index (χ1n) is 13.3. The van der Waals surface area contributed by atoms with E-state index in [1.807, 2.05) is 22.8 Å². The van der Waals surface area contributed by atoms with Gasteiger partial charge in [-0.25, -0.2) is 9.18 Å². The van der Waals surface area contributed by atoms with E-state index in [-0.39, 0.29) is 35.9 Å². The van der Waals surface area contributed by atoms with Crippen molar-refractivity contribution in [2.45, 2.75) is 50.7 Å². The molecule has 0 aromatic heterocycles. The summed E-state index contributed by atoms with van der Waals surface area (Å²) in [6.45, 7) is 3.65. The molecule has 2 aromatic carbocycles. The van der Waals surface area contributed by atoms with Crippen LogP contribution in [0.1, 0.15) is 43.7 Å². The van der Waals surface area contributed by atoms with Crippen molar-refractivity contribution in [2.24, 2.45) is 5.92 Å². The zero-order valence-electron chi connectivity index (χ0n) is 22.8. The Morgan fingerprint density at radius 1 is 1.05 bits per heavy atom. The number of urea groups is 1. The van der Waals surface area contributed by atoms with Gasteiger partial charge in [0.15, 0.2) is 6.67 Å². The van der Waals surface area contributed by atoms with E-state index in [1.165, 1.54) is 12.1 Å². The van der Waals surface area contributed by atoms with Crippen molar-refractivity contribution in [2.75, 3.05) is 39.9 Å². The predicted octanol–water partition coefficient (Wildman–Crippen LogP) is 6.60. The molecule has 0 aliphatic carbocycles. The number of benzene rings is 2. The topological polar surface area (TPSA) is 53.1 Å². The Hall–Kier alpha value is -2.65. The van der Waals surface area contributed by atoms with Gasteiger partial charge in [0.05, 0.1) is 10.0 Å². The molecule has 2 saturated heterocycles. The molecule has 0 spiro atoms. The predicted molar refractivity (Wildman–Crippen MR) is 149 cm³/mol. The van der Waals surface area contributed by atoms with Crippen LogP contribution in [0.5, 0.6) is 5.75 Å². The smallest absolute Gasteiger partial charge is 0.320 e. The van der Waals surface area contributed by atoms with Gasteiger partial charge in [-0.2, -0.15) is 8.78 Å². The maximum atomic E-state index is 13.7. The second kappa shape index (κ2) is 12.5. The number of piperidine rings is 1. The molecule has 0 N–H and O–H groups in total. The number of rotatable bonds is 7. The Labute approximate surface area is 243 Å². The summed E-state index contributed by atoms with van der Waals surface area (Å²) in [6.07, 6.45) is 1.04. The van der Waals surface area contributed by atoms with Gasteiger partial charge in [0.2, 0.25) is 5.91 Å². The molecule has 218 valence electrons. The van der Waals surface area contributed by atoms with Crippen LogP contribution in [0.25, 0.3) is 0 Å². The third-order valence-electron chi connectivity index (χ3n) is 8.16. The summed E-state index contributed by atoms with van der Waals surface area (Å²) in [6, 6.07) is 10.6. The molecule has 6 nitrogen and oxygen atoms in total. The molecular weight excluding hydrogens is 566 g/mol. The van der Waals surface area contributed by atoms with E-state index in [4.69, 9.17) is 27.9 Å². The van der Waals surface area contributed by atoms with E-state index in [0.717, 1.165) is 17.7 Å². The van der Waals surface area contributed by atoms with Crippen LogP contribution in [0.15, 0.2) is 42.5 Å². The number of carbonyl (C=O) groups is 2. The Morgan fingerprint density at radius 2 is 1.70 bits per heavy atom. The summed E-state index contributed by atoms with van der Waals surface area (Å²) in [7, 11) is 1.79. The number of carbonyl (C=O) groups excluding carboxylic acids is 2. The summed E-state index contributed by atoms with van der Waals surface area (Å²) < 4.78 is 46.3. The van der Waals surface area contributed by atoms with Crippen molar-refractivity contribution < 1.29 is 27.5 Å². The summed E-state index contributed by atoms with van der Waals surface area (Å²) in [5.41, 5.74) is 0.504. The normalized spacial score (nSPS) is 20.9. The minimum absolute atomic E-state index is 0.0105. The van der Waals surface area contributed by atoms with Crippen LogP contribution in [0, 0.1) is 5.92 Å². The highest BCUT2D eigenvalue weighted by Crippen LogP contribution is 2.39. The molecule has 3 atom stereocenters. The maximum Gasteiger partial charge on any atom is 0.320 e. The number of hydrogen-bond donors (Lipinski definition) is 0. The average Bonchev–Trinajstić information content (AvgIpc) is 3.40. The van der Waals surface area contributed by atoms with E-state index in [9.17, 15) is 22.8 Å². The van der Waals surface area contributed by atoms with Gasteiger partial charge in [0.1, 0.15) is 11.9 Å². The minimum Gasteiger partial charge on any atom is -0.490 e. The molecule has 2 aliphatic heterocycles. The van der Waals surface area contributed by atoms with Crippen LogP contribution in [0.3, 0.4) is 0 Å². The van der Waals surface area contributed by atoms with Crippen molar-refractivity contribution >= 4 is 35.1 Å². The van der Waals surface area contributed by atoms with Crippen molar-refractivity contribution in [1.29, 1.82) is 0 Å². The zero-order chi connectivity index (χ0) is 29.2. The van der Waals surface area contributed by atoms with Crippen LogP contribution in [-0.2, 0) is 10.7 Å². The highest BCUT2D eigenvalue weighted by atomic mass is 35.5. The summed E-state index contributed by atoms with van der Waals surface area (Å²) in [5.74, 6) is -3.40. The van der Waals surface area contributed by atoms with E-state index in [2.05, 4.69) is 0 Å². The zero-order valence-corrected chi connectivity index (χ0v) is 24.3. The van der Waals surface area contributed by atoms with E-state index < -0.39 is 18.2 Å². The molecule has 0 saturated carbocycles. The molecule has 2 fully saturated rings. The quantitative estimate of drug-likeness (QED) is 0.360. The number of halogens is 5. The van der Waals surface area contributed by atoms with Gasteiger partial charge in [0.25, 0.3) is 0 Å². The van der Waals surface area contributed by atoms with Crippen molar-refractivity contribution in [3.05, 3.63) is 63.6 Å². The summed E-state index contributed by atoms with van der Waals surface area (Å²) in [4.78, 5) is 30.7. The lowest BCUT2D eigenvalue weighted by atomic mass is 9.85. The molecule has 3 amide bonds. The van der Waals surface area contributed by atoms with Crippen molar-refractivity contribution in [1.82, 2.24) is 14.7 Å². The lowest BCUT2D eigenvalue weighted by Gasteiger charge is -2.38.